The molecule has 0 aliphatic heterocycles. The van der Waals surface area contributed by atoms with Crippen LogP contribution < -0.4 is 5.73 Å². The SMILES string of the molecule is CCC(CC)N(CC(C)C)C(CN)C(F)(F)F. The van der Waals surface area contributed by atoms with Crippen molar-refractivity contribution < 1.29 is 13.2 Å². The minimum absolute atomic E-state index is 0.0485. The molecule has 1 atom stereocenters. The van der Waals surface area contributed by atoms with Gasteiger partial charge in [0.05, 0.1) is 0 Å². The van der Waals surface area contributed by atoms with Gasteiger partial charge in [0.2, 0.25) is 0 Å². The Morgan fingerprint density at radius 2 is 1.59 bits per heavy atom. The highest BCUT2D eigenvalue weighted by Crippen LogP contribution is 2.28. The Morgan fingerprint density at radius 3 is 1.82 bits per heavy atom. The third kappa shape index (κ3) is 5.25. The Kier molecular flexibility index (Phi) is 7.09. The van der Waals surface area contributed by atoms with Crippen molar-refractivity contribution in [3.05, 3.63) is 0 Å². The minimum Gasteiger partial charge on any atom is -0.329 e. The predicted molar refractivity (Wildman–Crippen MR) is 64.8 cm³/mol. The first kappa shape index (κ1) is 16.7. The molecule has 0 aromatic carbocycles. The number of alkyl halides is 3. The van der Waals surface area contributed by atoms with Crippen LogP contribution in [0.15, 0.2) is 0 Å². The van der Waals surface area contributed by atoms with Gasteiger partial charge < -0.3 is 5.73 Å². The van der Waals surface area contributed by atoms with E-state index >= 15 is 0 Å². The molecule has 0 aliphatic rings. The third-order valence-corrected chi connectivity index (χ3v) is 2.99. The first-order valence-corrected chi connectivity index (χ1v) is 6.30. The second-order valence-corrected chi connectivity index (χ2v) is 4.85. The summed E-state index contributed by atoms with van der Waals surface area (Å²) in [7, 11) is 0. The van der Waals surface area contributed by atoms with Gasteiger partial charge in [0.1, 0.15) is 6.04 Å². The molecule has 2 N–H and O–H groups in total. The first-order chi connectivity index (χ1) is 7.77. The van der Waals surface area contributed by atoms with E-state index in [1.807, 2.05) is 27.7 Å². The van der Waals surface area contributed by atoms with E-state index in [0.29, 0.717) is 6.54 Å². The number of hydrogen-bond donors (Lipinski definition) is 1. The fraction of sp³-hybridized carbons (Fsp3) is 1.00. The summed E-state index contributed by atoms with van der Waals surface area (Å²) >= 11 is 0. The van der Waals surface area contributed by atoms with E-state index in [1.54, 1.807) is 0 Å². The molecule has 0 aliphatic carbocycles. The Labute approximate surface area is 102 Å². The van der Waals surface area contributed by atoms with Crippen molar-refractivity contribution in [1.29, 1.82) is 0 Å². The van der Waals surface area contributed by atoms with E-state index in [-0.39, 0.29) is 18.5 Å². The second kappa shape index (κ2) is 7.21. The zero-order valence-corrected chi connectivity index (χ0v) is 11.2. The van der Waals surface area contributed by atoms with Gasteiger partial charge in [0, 0.05) is 19.1 Å². The van der Waals surface area contributed by atoms with Gasteiger partial charge >= 0.3 is 6.18 Å². The fourth-order valence-electron chi connectivity index (χ4n) is 2.17. The highest BCUT2D eigenvalue weighted by atomic mass is 19.4. The van der Waals surface area contributed by atoms with Gasteiger partial charge in [-0.15, -0.1) is 0 Å². The van der Waals surface area contributed by atoms with Crippen LogP contribution in [0.3, 0.4) is 0 Å². The van der Waals surface area contributed by atoms with Crippen LogP contribution in [0.2, 0.25) is 0 Å². The second-order valence-electron chi connectivity index (χ2n) is 4.85. The highest BCUT2D eigenvalue weighted by molar-refractivity contribution is 4.84. The van der Waals surface area contributed by atoms with Crippen molar-refractivity contribution in [2.24, 2.45) is 11.7 Å². The summed E-state index contributed by atoms with van der Waals surface area (Å²) in [5, 5.41) is 0. The third-order valence-electron chi connectivity index (χ3n) is 2.99. The molecule has 0 amide bonds. The van der Waals surface area contributed by atoms with Crippen LogP contribution in [0.1, 0.15) is 40.5 Å². The van der Waals surface area contributed by atoms with Gasteiger partial charge in [-0.1, -0.05) is 27.7 Å². The standard InChI is InChI=1S/C12H25F3N2/c1-5-10(6-2)17(8-9(3)4)11(7-16)12(13,14)15/h9-11H,5-8,16H2,1-4H3. The monoisotopic (exact) mass is 254 g/mol. The van der Waals surface area contributed by atoms with Crippen molar-refractivity contribution in [2.45, 2.75) is 58.8 Å². The Morgan fingerprint density at radius 1 is 1.12 bits per heavy atom. The molecule has 5 heteroatoms. The van der Waals surface area contributed by atoms with E-state index < -0.39 is 12.2 Å². The number of nitrogens with zero attached hydrogens (tertiary/aromatic N) is 1. The van der Waals surface area contributed by atoms with Crippen molar-refractivity contribution in [1.82, 2.24) is 4.90 Å². The Hall–Kier alpha value is -0.290. The molecule has 0 saturated carbocycles. The van der Waals surface area contributed by atoms with Crippen LogP contribution in [0.5, 0.6) is 0 Å². The molecule has 2 nitrogen and oxygen atoms in total. The van der Waals surface area contributed by atoms with E-state index in [2.05, 4.69) is 0 Å². The molecule has 0 bridgehead atoms. The van der Waals surface area contributed by atoms with Crippen LogP contribution in [0.25, 0.3) is 0 Å². The highest BCUT2D eigenvalue weighted by Gasteiger charge is 2.44. The quantitative estimate of drug-likeness (QED) is 0.756. The summed E-state index contributed by atoms with van der Waals surface area (Å²) < 4.78 is 38.8. The van der Waals surface area contributed by atoms with E-state index in [0.717, 1.165) is 12.8 Å². The van der Waals surface area contributed by atoms with Gasteiger partial charge in [-0.3, -0.25) is 4.90 Å². The number of hydrogen-bond acceptors (Lipinski definition) is 2. The first-order valence-electron chi connectivity index (χ1n) is 6.30. The molecule has 1 unspecified atom stereocenters. The molecular weight excluding hydrogens is 229 g/mol. The molecule has 0 saturated heterocycles. The van der Waals surface area contributed by atoms with Crippen LogP contribution >= 0.6 is 0 Å². The lowest BCUT2D eigenvalue weighted by Gasteiger charge is -2.38. The number of nitrogens with two attached hydrogens (primary N) is 1. The summed E-state index contributed by atoms with van der Waals surface area (Å²) in [6, 6.07) is -1.57. The lowest BCUT2D eigenvalue weighted by Crippen LogP contribution is -2.55. The van der Waals surface area contributed by atoms with E-state index in [4.69, 9.17) is 5.73 Å². The van der Waals surface area contributed by atoms with Crippen LogP contribution in [-0.2, 0) is 0 Å². The van der Waals surface area contributed by atoms with Crippen LogP contribution in [0.4, 0.5) is 13.2 Å². The largest absolute Gasteiger partial charge is 0.405 e. The van der Waals surface area contributed by atoms with Gasteiger partial charge in [0.15, 0.2) is 0 Å². The molecule has 0 radical (unpaired) electrons. The Bertz CT molecular complexity index is 200. The van der Waals surface area contributed by atoms with Gasteiger partial charge in [-0.25, -0.2) is 0 Å². The Balaban J connectivity index is 4.98. The molecule has 17 heavy (non-hydrogen) atoms. The normalized spacial score (nSPS) is 15.0. The summed E-state index contributed by atoms with van der Waals surface area (Å²) in [4.78, 5) is 1.53. The molecule has 0 aromatic heterocycles. The van der Waals surface area contributed by atoms with Gasteiger partial charge in [-0.2, -0.15) is 13.2 Å². The maximum absolute atomic E-state index is 12.9. The average molecular weight is 254 g/mol. The van der Waals surface area contributed by atoms with Crippen molar-refractivity contribution in [2.75, 3.05) is 13.1 Å². The van der Waals surface area contributed by atoms with Crippen molar-refractivity contribution in [3.8, 4) is 0 Å². The van der Waals surface area contributed by atoms with Gasteiger partial charge in [0.25, 0.3) is 0 Å². The fourth-order valence-corrected chi connectivity index (χ4v) is 2.17. The molecular formula is C12H25F3N2. The number of halogens is 3. The average Bonchev–Trinajstić information content (AvgIpc) is 2.17. The smallest absolute Gasteiger partial charge is 0.329 e. The molecule has 0 fully saturated rings. The van der Waals surface area contributed by atoms with Gasteiger partial charge in [-0.05, 0) is 18.8 Å². The summed E-state index contributed by atoms with van der Waals surface area (Å²) in [6.45, 7) is 7.77. The molecule has 0 aromatic rings. The lowest BCUT2D eigenvalue weighted by atomic mass is 10.0. The molecule has 0 spiro atoms. The summed E-state index contributed by atoms with van der Waals surface area (Å²) in [5.41, 5.74) is 5.32. The van der Waals surface area contributed by atoms with Crippen LogP contribution in [-0.4, -0.2) is 36.2 Å². The van der Waals surface area contributed by atoms with Crippen LogP contribution in [0, 0.1) is 5.92 Å². The zero-order chi connectivity index (χ0) is 13.6. The minimum atomic E-state index is -4.24. The molecule has 0 rings (SSSR count). The van der Waals surface area contributed by atoms with E-state index in [9.17, 15) is 13.2 Å². The molecule has 104 valence electrons. The van der Waals surface area contributed by atoms with Crippen molar-refractivity contribution >= 4 is 0 Å². The van der Waals surface area contributed by atoms with Crippen molar-refractivity contribution in [3.63, 3.8) is 0 Å². The maximum Gasteiger partial charge on any atom is 0.405 e. The summed E-state index contributed by atoms with van der Waals surface area (Å²) in [6.07, 6.45) is -2.81. The predicted octanol–water partition coefficient (Wildman–Crippen LogP) is 3.02. The zero-order valence-electron chi connectivity index (χ0n) is 11.2. The number of rotatable bonds is 7. The van der Waals surface area contributed by atoms with E-state index in [1.165, 1.54) is 4.90 Å². The lowest BCUT2D eigenvalue weighted by molar-refractivity contribution is -0.188. The molecule has 0 heterocycles. The topological polar surface area (TPSA) is 29.3 Å². The summed E-state index contributed by atoms with van der Waals surface area (Å²) in [5.74, 6) is 0.201. The maximum atomic E-state index is 12.9.